The Morgan fingerprint density at radius 3 is 2.80 bits per heavy atom. The van der Waals surface area contributed by atoms with Gasteiger partial charge in [-0.15, -0.1) is 11.3 Å². The van der Waals surface area contributed by atoms with Crippen LogP contribution in [0.5, 0.6) is 0 Å². The monoisotopic (exact) mass is 371 g/mol. The van der Waals surface area contributed by atoms with Crippen LogP contribution >= 0.6 is 23.1 Å². The first-order valence-corrected chi connectivity index (χ1v) is 10.0. The van der Waals surface area contributed by atoms with Gasteiger partial charge in [0.2, 0.25) is 5.91 Å². The van der Waals surface area contributed by atoms with E-state index in [0.29, 0.717) is 5.75 Å². The van der Waals surface area contributed by atoms with Crippen LogP contribution in [0.15, 0.2) is 29.6 Å². The van der Waals surface area contributed by atoms with Crippen molar-refractivity contribution in [1.82, 2.24) is 9.97 Å². The molecule has 0 aliphatic carbocycles. The normalized spacial score (nSPS) is 11.0. The van der Waals surface area contributed by atoms with Crippen molar-refractivity contribution >= 4 is 44.9 Å². The Kier molecular flexibility index (Phi) is 5.39. The summed E-state index contributed by atoms with van der Waals surface area (Å²) in [6, 6.07) is 6.10. The van der Waals surface area contributed by atoms with Crippen molar-refractivity contribution in [2.24, 2.45) is 0 Å². The molecule has 0 aliphatic rings. The average molecular weight is 372 g/mol. The Morgan fingerprint density at radius 1 is 1.24 bits per heavy atom. The third-order valence-electron chi connectivity index (χ3n) is 4.27. The number of thioether (sulfide) groups is 1. The first kappa shape index (κ1) is 17.9. The highest BCUT2D eigenvalue weighted by atomic mass is 32.2. The van der Waals surface area contributed by atoms with E-state index < -0.39 is 0 Å². The first-order valence-electron chi connectivity index (χ1n) is 8.23. The standard InChI is InChI=1S/C19H21N3OS2/c1-5-14-8-6-7-11(2)17(14)22-15(23)9-24-18-16-12(3)13(4)25-19(16)21-10-20-18/h6-8,10H,5,9H2,1-4H3,(H,22,23). The molecule has 0 radical (unpaired) electrons. The molecule has 0 atom stereocenters. The zero-order chi connectivity index (χ0) is 18.0. The number of benzene rings is 1. The Bertz CT molecular complexity index is 934. The van der Waals surface area contributed by atoms with E-state index in [2.05, 4.69) is 42.1 Å². The van der Waals surface area contributed by atoms with E-state index in [9.17, 15) is 4.79 Å². The van der Waals surface area contributed by atoms with Crippen LogP contribution < -0.4 is 5.32 Å². The molecule has 2 heterocycles. The molecule has 130 valence electrons. The van der Waals surface area contributed by atoms with Crippen molar-refractivity contribution in [3.05, 3.63) is 46.1 Å². The van der Waals surface area contributed by atoms with Crippen LogP contribution in [0, 0.1) is 20.8 Å². The molecule has 0 saturated carbocycles. The number of rotatable bonds is 5. The molecule has 0 aliphatic heterocycles. The second kappa shape index (κ2) is 7.54. The molecule has 3 aromatic rings. The number of hydrogen-bond acceptors (Lipinski definition) is 5. The average Bonchev–Trinajstić information content (AvgIpc) is 2.90. The van der Waals surface area contributed by atoms with E-state index in [4.69, 9.17) is 0 Å². The van der Waals surface area contributed by atoms with E-state index in [0.717, 1.165) is 38.5 Å². The van der Waals surface area contributed by atoms with Crippen LogP contribution in [-0.4, -0.2) is 21.6 Å². The van der Waals surface area contributed by atoms with Gasteiger partial charge < -0.3 is 5.32 Å². The summed E-state index contributed by atoms with van der Waals surface area (Å²) >= 11 is 3.14. The van der Waals surface area contributed by atoms with Crippen LogP contribution in [0.4, 0.5) is 5.69 Å². The molecular formula is C19H21N3OS2. The number of nitrogens with one attached hydrogen (secondary N) is 1. The first-order chi connectivity index (χ1) is 12.0. The smallest absolute Gasteiger partial charge is 0.234 e. The second-order valence-electron chi connectivity index (χ2n) is 5.94. The number of thiophene rings is 1. The van der Waals surface area contributed by atoms with Crippen molar-refractivity contribution in [3.8, 4) is 0 Å². The van der Waals surface area contributed by atoms with Crippen molar-refractivity contribution in [1.29, 1.82) is 0 Å². The fourth-order valence-corrected chi connectivity index (χ4v) is 4.69. The summed E-state index contributed by atoms with van der Waals surface area (Å²) in [7, 11) is 0. The molecule has 1 aromatic carbocycles. The lowest BCUT2D eigenvalue weighted by molar-refractivity contribution is -0.113. The molecule has 4 nitrogen and oxygen atoms in total. The largest absolute Gasteiger partial charge is 0.325 e. The van der Waals surface area contributed by atoms with Gasteiger partial charge in [0.15, 0.2) is 0 Å². The van der Waals surface area contributed by atoms with Crippen LogP contribution in [0.1, 0.15) is 28.5 Å². The lowest BCUT2D eigenvalue weighted by atomic mass is 10.1. The van der Waals surface area contributed by atoms with Gasteiger partial charge in [-0.25, -0.2) is 9.97 Å². The van der Waals surface area contributed by atoms with Crippen molar-refractivity contribution in [2.75, 3.05) is 11.1 Å². The number of nitrogens with zero attached hydrogens (tertiary/aromatic N) is 2. The molecule has 0 unspecified atom stereocenters. The number of aryl methyl sites for hydroxylation is 4. The summed E-state index contributed by atoms with van der Waals surface area (Å²) < 4.78 is 0. The van der Waals surface area contributed by atoms with Crippen molar-refractivity contribution in [2.45, 2.75) is 39.1 Å². The van der Waals surface area contributed by atoms with Crippen LogP contribution in [0.3, 0.4) is 0 Å². The Labute approximate surface area is 156 Å². The number of anilines is 1. The summed E-state index contributed by atoms with van der Waals surface area (Å²) in [5, 5.41) is 5.02. The maximum absolute atomic E-state index is 12.5. The fraction of sp³-hybridized carbons (Fsp3) is 0.316. The third kappa shape index (κ3) is 3.70. The molecule has 1 amide bonds. The van der Waals surface area contributed by atoms with Gasteiger partial charge in [0, 0.05) is 16.0 Å². The maximum Gasteiger partial charge on any atom is 0.234 e. The van der Waals surface area contributed by atoms with Gasteiger partial charge in [-0.1, -0.05) is 36.9 Å². The van der Waals surface area contributed by atoms with Gasteiger partial charge in [-0.05, 0) is 43.9 Å². The number of aromatic nitrogens is 2. The highest BCUT2D eigenvalue weighted by Crippen LogP contribution is 2.34. The number of carbonyl (C=O) groups is 1. The predicted molar refractivity (Wildman–Crippen MR) is 107 cm³/mol. The topological polar surface area (TPSA) is 54.9 Å². The Balaban J connectivity index is 1.76. The lowest BCUT2D eigenvalue weighted by Gasteiger charge is -2.12. The van der Waals surface area contributed by atoms with Crippen LogP contribution in [-0.2, 0) is 11.2 Å². The Hall–Kier alpha value is -1.92. The highest BCUT2D eigenvalue weighted by molar-refractivity contribution is 8.00. The van der Waals surface area contributed by atoms with Crippen LogP contribution in [0.2, 0.25) is 0 Å². The number of amides is 1. The lowest BCUT2D eigenvalue weighted by Crippen LogP contribution is -2.16. The second-order valence-corrected chi connectivity index (χ2v) is 8.11. The zero-order valence-corrected chi connectivity index (χ0v) is 16.5. The van der Waals surface area contributed by atoms with E-state index in [-0.39, 0.29) is 5.91 Å². The van der Waals surface area contributed by atoms with Gasteiger partial charge in [-0.2, -0.15) is 0 Å². The predicted octanol–water partition coefficient (Wildman–Crippen LogP) is 4.91. The number of para-hydroxylation sites is 1. The van der Waals surface area contributed by atoms with Crippen molar-refractivity contribution < 1.29 is 4.79 Å². The summed E-state index contributed by atoms with van der Waals surface area (Å²) in [6.45, 7) is 8.29. The Morgan fingerprint density at radius 2 is 2.04 bits per heavy atom. The number of hydrogen-bond donors (Lipinski definition) is 1. The van der Waals surface area contributed by atoms with E-state index in [1.165, 1.54) is 22.2 Å². The summed E-state index contributed by atoms with van der Waals surface area (Å²) in [6.07, 6.45) is 2.47. The van der Waals surface area contributed by atoms with Crippen LogP contribution in [0.25, 0.3) is 10.2 Å². The van der Waals surface area contributed by atoms with Gasteiger partial charge in [0.05, 0.1) is 5.75 Å². The zero-order valence-electron chi connectivity index (χ0n) is 14.8. The van der Waals surface area contributed by atoms with E-state index in [1.807, 2.05) is 19.1 Å². The SMILES string of the molecule is CCc1cccc(C)c1NC(=O)CSc1ncnc2sc(C)c(C)c12. The minimum absolute atomic E-state index is 0.00892. The minimum atomic E-state index is -0.00892. The minimum Gasteiger partial charge on any atom is -0.325 e. The maximum atomic E-state index is 12.5. The molecular weight excluding hydrogens is 350 g/mol. The highest BCUT2D eigenvalue weighted by Gasteiger charge is 2.14. The van der Waals surface area contributed by atoms with E-state index >= 15 is 0 Å². The van der Waals surface area contributed by atoms with Gasteiger partial charge >= 0.3 is 0 Å². The molecule has 0 saturated heterocycles. The summed E-state index contributed by atoms with van der Waals surface area (Å²) in [5.74, 6) is 0.322. The third-order valence-corrected chi connectivity index (χ3v) is 6.38. The molecule has 2 aromatic heterocycles. The van der Waals surface area contributed by atoms with E-state index in [1.54, 1.807) is 17.7 Å². The van der Waals surface area contributed by atoms with Gasteiger partial charge in [-0.3, -0.25) is 4.79 Å². The quantitative estimate of drug-likeness (QED) is 0.511. The number of fused-ring (bicyclic) bond motifs is 1. The summed E-state index contributed by atoms with van der Waals surface area (Å²) in [4.78, 5) is 23.4. The molecule has 0 bridgehead atoms. The van der Waals surface area contributed by atoms with Gasteiger partial charge in [0.25, 0.3) is 0 Å². The molecule has 0 spiro atoms. The molecule has 6 heteroatoms. The van der Waals surface area contributed by atoms with Gasteiger partial charge in [0.1, 0.15) is 16.2 Å². The summed E-state index contributed by atoms with van der Waals surface area (Å²) in [5.41, 5.74) is 4.39. The molecule has 1 N–H and O–H groups in total. The molecule has 3 rings (SSSR count). The van der Waals surface area contributed by atoms with Crippen molar-refractivity contribution in [3.63, 3.8) is 0 Å². The fourth-order valence-electron chi connectivity index (χ4n) is 2.77. The number of carbonyl (C=O) groups excluding carboxylic acids is 1. The molecule has 0 fully saturated rings. The molecule has 25 heavy (non-hydrogen) atoms.